The minimum absolute atomic E-state index is 0.114. The number of rotatable bonds is 7. The number of hydrogen-bond acceptors (Lipinski definition) is 5. The summed E-state index contributed by atoms with van der Waals surface area (Å²) in [5, 5.41) is 9.84. The number of carbonyl (C=O) groups is 1. The number of hydrogen-bond donors (Lipinski definition) is 2. The van der Waals surface area contributed by atoms with Gasteiger partial charge in [0.05, 0.1) is 4.90 Å². The van der Waals surface area contributed by atoms with Crippen LogP contribution in [-0.2, 0) is 21.2 Å². The lowest BCUT2D eigenvalue weighted by Crippen LogP contribution is -2.27. The Hall–Kier alpha value is -3.04. The zero-order chi connectivity index (χ0) is 21.8. The number of amides is 1. The Bertz CT molecular complexity index is 1170. The maximum absolute atomic E-state index is 12.6. The van der Waals surface area contributed by atoms with E-state index in [1.165, 1.54) is 4.31 Å². The maximum atomic E-state index is 12.6. The summed E-state index contributed by atoms with van der Waals surface area (Å²) in [6.07, 6.45) is 2.64. The van der Waals surface area contributed by atoms with Gasteiger partial charge in [0.15, 0.2) is 5.82 Å². The van der Waals surface area contributed by atoms with E-state index >= 15 is 0 Å². The van der Waals surface area contributed by atoms with Gasteiger partial charge in [0, 0.05) is 30.8 Å². The molecule has 0 spiro atoms. The van der Waals surface area contributed by atoms with Gasteiger partial charge in [-0.25, -0.2) is 13.4 Å². The van der Waals surface area contributed by atoms with Crippen molar-refractivity contribution < 1.29 is 13.2 Å². The molecule has 2 N–H and O–H groups in total. The fourth-order valence-corrected chi connectivity index (χ4v) is 5.11. The minimum atomic E-state index is -3.41. The Balaban J connectivity index is 1.34. The first-order chi connectivity index (χ1) is 14.9. The molecule has 0 unspecified atom stereocenters. The van der Waals surface area contributed by atoms with E-state index < -0.39 is 10.0 Å². The van der Waals surface area contributed by atoms with Crippen molar-refractivity contribution in [3.63, 3.8) is 0 Å². The van der Waals surface area contributed by atoms with Crippen molar-refractivity contribution in [2.75, 3.05) is 18.4 Å². The van der Waals surface area contributed by atoms with Gasteiger partial charge in [0.1, 0.15) is 5.82 Å². The molecular formula is C22H25N5O3S. The Morgan fingerprint density at radius 2 is 1.87 bits per heavy atom. The van der Waals surface area contributed by atoms with Crippen molar-refractivity contribution in [2.24, 2.45) is 0 Å². The third-order valence-corrected chi connectivity index (χ3v) is 7.18. The molecule has 1 aliphatic heterocycles. The first-order valence-corrected chi connectivity index (χ1v) is 11.7. The molecule has 2 aromatic carbocycles. The van der Waals surface area contributed by atoms with E-state index in [1.807, 2.05) is 31.2 Å². The standard InChI is InChI=1S/C22H25N5O3S/c1-16-23-22(26-25-16)18-5-4-6-19(15-18)24-21(28)12-9-17-7-10-20(11-8-17)31(29,30)27-13-2-3-14-27/h4-8,10-11,15H,2-3,9,12-14H2,1H3,(H,24,28)(H,23,25,26). The van der Waals surface area contributed by atoms with Crippen LogP contribution in [-0.4, -0.2) is 46.9 Å². The molecule has 1 fully saturated rings. The molecule has 8 nitrogen and oxygen atoms in total. The highest BCUT2D eigenvalue weighted by Crippen LogP contribution is 2.22. The highest BCUT2D eigenvalue weighted by Gasteiger charge is 2.26. The maximum Gasteiger partial charge on any atom is 0.243 e. The Labute approximate surface area is 181 Å². The van der Waals surface area contributed by atoms with Crippen molar-refractivity contribution >= 4 is 21.6 Å². The number of carbonyl (C=O) groups excluding carboxylic acids is 1. The van der Waals surface area contributed by atoms with E-state index in [0.29, 0.717) is 42.3 Å². The number of benzene rings is 2. The zero-order valence-corrected chi connectivity index (χ0v) is 18.2. The second-order valence-electron chi connectivity index (χ2n) is 7.63. The Morgan fingerprint density at radius 3 is 2.55 bits per heavy atom. The summed E-state index contributed by atoms with van der Waals surface area (Å²) < 4.78 is 26.7. The lowest BCUT2D eigenvalue weighted by atomic mass is 10.1. The number of anilines is 1. The van der Waals surface area contributed by atoms with Gasteiger partial charge in [-0.2, -0.15) is 9.40 Å². The van der Waals surface area contributed by atoms with E-state index in [-0.39, 0.29) is 5.91 Å². The van der Waals surface area contributed by atoms with E-state index in [1.54, 1.807) is 24.3 Å². The van der Waals surface area contributed by atoms with Crippen molar-refractivity contribution in [1.82, 2.24) is 19.5 Å². The number of H-pyrrole nitrogens is 1. The SMILES string of the molecule is Cc1nc(-c2cccc(NC(=O)CCc3ccc(S(=O)(=O)N4CCCC4)cc3)c2)n[nH]1. The lowest BCUT2D eigenvalue weighted by molar-refractivity contribution is -0.116. The number of aromatic amines is 1. The number of sulfonamides is 1. The Morgan fingerprint density at radius 1 is 1.13 bits per heavy atom. The molecule has 162 valence electrons. The van der Waals surface area contributed by atoms with E-state index in [9.17, 15) is 13.2 Å². The molecule has 4 rings (SSSR count). The molecule has 1 saturated heterocycles. The van der Waals surface area contributed by atoms with Crippen molar-refractivity contribution in [2.45, 2.75) is 37.5 Å². The van der Waals surface area contributed by atoms with Crippen LogP contribution in [0.25, 0.3) is 11.4 Å². The van der Waals surface area contributed by atoms with E-state index in [4.69, 9.17) is 0 Å². The van der Waals surface area contributed by atoms with Gasteiger partial charge in [-0.05, 0) is 56.0 Å². The van der Waals surface area contributed by atoms with Crippen LogP contribution in [0.1, 0.15) is 30.7 Å². The highest BCUT2D eigenvalue weighted by molar-refractivity contribution is 7.89. The van der Waals surface area contributed by atoms with Crippen LogP contribution in [0.15, 0.2) is 53.4 Å². The highest BCUT2D eigenvalue weighted by atomic mass is 32.2. The first kappa shape index (κ1) is 21.2. The summed E-state index contributed by atoms with van der Waals surface area (Å²) in [6.45, 7) is 3.00. The quantitative estimate of drug-likeness (QED) is 0.588. The van der Waals surface area contributed by atoms with Crippen LogP contribution < -0.4 is 5.32 Å². The second kappa shape index (κ2) is 8.99. The monoisotopic (exact) mass is 439 g/mol. The van der Waals surface area contributed by atoms with Gasteiger partial charge < -0.3 is 5.32 Å². The summed E-state index contributed by atoms with van der Waals surface area (Å²) in [6, 6.07) is 14.2. The molecule has 2 heterocycles. The molecule has 0 aliphatic carbocycles. The molecule has 0 radical (unpaired) electrons. The lowest BCUT2D eigenvalue weighted by Gasteiger charge is -2.15. The summed E-state index contributed by atoms with van der Waals surface area (Å²) in [5.74, 6) is 1.19. The first-order valence-electron chi connectivity index (χ1n) is 10.3. The van der Waals surface area contributed by atoms with Gasteiger partial charge in [0.2, 0.25) is 15.9 Å². The molecule has 9 heteroatoms. The molecule has 0 bridgehead atoms. The summed E-state index contributed by atoms with van der Waals surface area (Å²) in [4.78, 5) is 17.0. The molecule has 3 aromatic rings. The van der Waals surface area contributed by atoms with Crippen LogP contribution in [0, 0.1) is 6.92 Å². The van der Waals surface area contributed by atoms with Gasteiger partial charge >= 0.3 is 0 Å². The molecule has 1 aliphatic rings. The molecule has 1 amide bonds. The van der Waals surface area contributed by atoms with Crippen molar-refractivity contribution in [3.05, 3.63) is 59.9 Å². The average molecular weight is 440 g/mol. The normalized spacial score (nSPS) is 14.6. The van der Waals surface area contributed by atoms with E-state index in [0.717, 1.165) is 29.8 Å². The summed E-state index contributed by atoms with van der Waals surface area (Å²) in [5.41, 5.74) is 2.41. The van der Waals surface area contributed by atoms with Crippen molar-refractivity contribution in [3.8, 4) is 11.4 Å². The van der Waals surface area contributed by atoms with Crippen LogP contribution in [0.4, 0.5) is 5.69 Å². The smallest absolute Gasteiger partial charge is 0.243 e. The van der Waals surface area contributed by atoms with Crippen molar-refractivity contribution in [1.29, 1.82) is 0 Å². The third-order valence-electron chi connectivity index (χ3n) is 5.27. The van der Waals surface area contributed by atoms with Crippen LogP contribution >= 0.6 is 0 Å². The number of nitrogens with zero attached hydrogens (tertiary/aromatic N) is 3. The van der Waals surface area contributed by atoms with Gasteiger partial charge in [-0.15, -0.1) is 0 Å². The largest absolute Gasteiger partial charge is 0.326 e. The number of aryl methyl sites for hydroxylation is 2. The van der Waals surface area contributed by atoms with Crippen LogP contribution in [0.2, 0.25) is 0 Å². The molecule has 0 atom stereocenters. The fourth-order valence-electron chi connectivity index (χ4n) is 3.59. The Kier molecular flexibility index (Phi) is 6.15. The third kappa shape index (κ3) is 5.00. The van der Waals surface area contributed by atoms with Crippen LogP contribution in [0.3, 0.4) is 0 Å². The van der Waals surface area contributed by atoms with Gasteiger partial charge in [-0.1, -0.05) is 24.3 Å². The predicted octanol–water partition coefficient (Wildman–Crippen LogP) is 3.14. The number of nitrogens with one attached hydrogen (secondary N) is 2. The topological polar surface area (TPSA) is 108 Å². The molecule has 1 aromatic heterocycles. The summed E-state index contributed by atoms with van der Waals surface area (Å²) in [7, 11) is -3.41. The number of aromatic nitrogens is 3. The minimum Gasteiger partial charge on any atom is -0.326 e. The fraction of sp³-hybridized carbons (Fsp3) is 0.318. The predicted molar refractivity (Wildman–Crippen MR) is 118 cm³/mol. The zero-order valence-electron chi connectivity index (χ0n) is 17.3. The second-order valence-corrected chi connectivity index (χ2v) is 9.57. The molecule has 0 saturated carbocycles. The summed E-state index contributed by atoms with van der Waals surface area (Å²) >= 11 is 0. The molecular weight excluding hydrogens is 414 g/mol. The molecule has 31 heavy (non-hydrogen) atoms. The van der Waals surface area contributed by atoms with E-state index in [2.05, 4.69) is 20.5 Å². The van der Waals surface area contributed by atoms with Gasteiger partial charge in [0.25, 0.3) is 0 Å². The van der Waals surface area contributed by atoms with Gasteiger partial charge in [-0.3, -0.25) is 9.89 Å². The average Bonchev–Trinajstić information content (AvgIpc) is 3.45. The van der Waals surface area contributed by atoms with Crippen LogP contribution in [0.5, 0.6) is 0 Å².